The van der Waals surface area contributed by atoms with Crippen LogP contribution in [-0.4, -0.2) is 40.2 Å². The number of nitrogens with one attached hydrogen (secondary N) is 1. The summed E-state index contributed by atoms with van der Waals surface area (Å²) in [6.07, 6.45) is 0. The topological polar surface area (TPSA) is 119 Å². The maximum Gasteiger partial charge on any atom is 0.271 e. The Bertz CT molecular complexity index is 1120. The van der Waals surface area contributed by atoms with Crippen LogP contribution in [0.4, 0.5) is 17.2 Å². The number of halogens is 2. The molecule has 4 rings (SSSR count). The van der Waals surface area contributed by atoms with Gasteiger partial charge in [0.25, 0.3) is 11.6 Å². The number of carbonyl (C=O) groups excluding carboxylic acids is 1. The van der Waals surface area contributed by atoms with E-state index in [1.165, 1.54) is 24.3 Å². The van der Waals surface area contributed by atoms with Crippen LogP contribution in [0, 0.1) is 10.1 Å². The molecule has 0 atom stereocenters. The van der Waals surface area contributed by atoms with Crippen LogP contribution in [0.5, 0.6) is 0 Å². The molecule has 9 nitrogen and oxygen atoms in total. The standard InChI is InChI=1S/C18H16Cl2N6O3/c19-13-7-10(8-14(20)16(13)21)17(27)22-3-4-24-5-6-25-18(24)12-2-1-11(26(28)29)9-15(12)23-25/h1-2,7-9H,3-6,21H2,(H,22,27). The highest BCUT2D eigenvalue weighted by Crippen LogP contribution is 2.32. The molecule has 0 saturated heterocycles. The van der Waals surface area contributed by atoms with Crippen LogP contribution in [0.25, 0.3) is 10.9 Å². The second kappa shape index (κ2) is 7.41. The molecule has 1 aromatic heterocycles. The first-order chi connectivity index (χ1) is 13.8. The Morgan fingerprint density at radius 2 is 1.97 bits per heavy atom. The highest BCUT2D eigenvalue weighted by molar-refractivity contribution is 6.39. The number of aromatic nitrogens is 2. The van der Waals surface area contributed by atoms with E-state index in [9.17, 15) is 14.9 Å². The van der Waals surface area contributed by atoms with E-state index in [4.69, 9.17) is 28.9 Å². The SMILES string of the molecule is Nc1c(Cl)cc(C(=O)NCCN2CCn3nc4cc([N+](=O)[O-])ccc4c32)cc1Cl. The summed E-state index contributed by atoms with van der Waals surface area (Å²) in [6.45, 7) is 2.36. The third kappa shape index (κ3) is 3.54. The van der Waals surface area contributed by atoms with Crippen molar-refractivity contribution in [3.63, 3.8) is 0 Å². The first-order valence-corrected chi connectivity index (χ1v) is 9.53. The summed E-state index contributed by atoms with van der Waals surface area (Å²) in [5.41, 5.74) is 6.85. The first kappa shape index (κ1) is 19.3. The average Bonchev–Trinajstić information content (AvgIpc) is 3.24. The lowest BCUT2D eigenvalue weighted by Crippen LogP contribution is -2.34. The number of nitro benzene ring substituents is 1. The molecular formula is C18H16Cl2N6O3. The van der Waals surface area contributed by atoms with Crippen molar-refractivity contribution in [2.75, 3.05) is 30.3 Å². The minimum Gasteiger partial charge on any atom is -0.396 e. The number of fused-ring (bicyclic) bond motifs is 3. The van der Waals surface area contributed by atoms with Gasteiger partial charge in [0.05, 0.1) is 27.2 Å². The largest absolute Gasteiger partial charge is 0.396 e. The van der Waals surface area contributed by atoms with Crippen molar-refractivity contribution < 1.29 is 9.72 Å². The smallest absolute Gasteiger partial charge is 0.271 e. The van der Waals surface area contributed by atoms with Crippen LogP contribution >= 0.6 is 23.2 Å². The quantitative estimate of drug-likeness (QED) is 0.361. The van der Waals surface area contributed by atoms with Crippen molar-refractivity contribution in [3.8, 4) is 0 Å². The fourth-order valence-corrected chi connectivity index (χ4v) is 3.86. The summed E-state index contributed by atoms with van der Waals surface area (Å²) < 4.78 is 1.83. The molecule has 1 aliphatic rings. The van der Waals surface area contributed by atoms with Crippen molar-refractivity contribution >= 4 is 57.2 Å². The fourth-order valence-electron chi connectivity index (χ4n) is 3.37. The van der Waals surface area contributed by atoms with Gasteiger partial charge in [-0.25, -0.2) is 4.68 Å². The van der Waals surface area contributed by atoms with Crippen LogP contribution in [0.2, 0.25) is 10.0 Å². The molecule has 1 amide bonds. The van der Waals surface area contributed by atoms with Gasteiger partial charge in [0, 0.05) is 42.7 Å². The molecule has 0 bridgehead atoms. The monoisotopic (exact) mass is 434 g/mol. The Balaban J connectivity index is 1.45. The number of anilines is 2. The zero-order chi connectivity index (χ0) is 20.7. The summed E-state index contributed by atoms with van der Waals surface area (Å²) in [5.74, 6) is 0.588. The van der Waals surface area contributed by atoms with Crippen LogP contribution < -0.4 is 16.0 Å². The number of non-ortho nitro benzene ring substituents is 1. The van der Waals surface area contributed by atoms with Gasteiger partial charge in [-0.1, -0.05) is 23.2 Å². The molecular weight excluding hydrogens is 419 g/mol. The van der Waals surface area contributed by atoms with Crippen LogP contribution in [0.3, 0.4) is 0 Å². The number of nitrogens with two attached hydrogens (primary N) is 1. The molecule has 29 heavy (non-hydrogen) atoms. The lowest BCUT2D eigenvalue weighted by molar-refractivity contribution is -0.384. The summed E-state index contributed by atoms with van der Waals surface area (Å²) >= 11 is 12.0. The molecule has 0 aliphatic carbocycles. The van der Waals surface area contributed by atoms with Gasteiger partial charge in [0.2, 0.25) is 0 Å². The number of hydrogen-bond acceptors (Lipinski definition) is 6. The normalized spacial score (nSPS) is 13.0. The van der Waals surface area contributed by atoms with Crippen molar-refractivity contribution in [3.05, 3.63) is 56.1 Å². The number of hydrogen-bond donors (Lipinski definition) is 2. The molecule has 2 heterocycles. The molecule has 1 aliphatic heterocycles. The predicted octanol–water partition coefficient (Wildman–Crippen LogP) is 3.08. The summed E-state index contributed by atoms with van der Waals surface area (Å²) in [5, 5.41) is 19.5. The Hall–Kier alpha value is -3.04. The lowest BCUT2D eigenvalue weighted by atomic mass is 10.2. The van der Waals surface area contributed by atoms with Gasteiger partial charge >= 0.3 is 0 Å². The number of nitrogen functional groups attached to an aromatic ring is 1. The van der Waals surface area contributed by atoms with Gasteiger partial charge in [-0.2, -0.15) is 5.10 Å². The molecule has 11 heteroatoms. The zero-order valence-corrected chi connectivity index (χ0v) is 16.6. The van der Waals surface area contributed by atoms with E-state index < -0.39 is 4.92 Å². The van der Waals surface area contributed by atoms with E-state index in [0.29, 0.717) is 30.7 Å². The van der Waals surface area contributed by atoms with E-state index >= 15 is 0 Å². The molecule has 2 aromatic carbocycles. The second-order valence-electron chi connectivity index (χ2n) is 6.60. The number of carbonyl (C=O) groups is 1. The Labute approximate surface area is 175 Å². The molecule has 0 unspecified atom stereocenters. The number of benzene rings is 2. The lowest BCUT2D eigenvalue weighted by Gasteiger charge is -2.18. The molecule has 3 aromatic rings. The summed E-state index contributed by atoms with van der Waals surface area (Å²) in [7, 11) is 0. The predicted molar refractivity (Wildman–Crippen MR) is 112 cm³/mol. The van der Waals surface area contributed by atoms with Crippen molar-refractivity contribution in [1.82, 2.24) is 15.1 Å². The summed E-state index contributed by atoms with van der Waals surface area (Å²) in [4.78, 5) is 25.0. The minimum atomic E-state index is -0.438. The summed E-state index contributed by atoms with van der Waals surface area (Å²) in [6, 6.07) is 7.60. The van der Waals surface area contributed by atoms with Gasteiger partial charge in [0.1, 0.15) is 11.3 Å². The van der Waals surface area contributed by atoms with Gasteiger partial charge in [-0.15, -0.1) is 0 Å². The van der Waals surface area contributed by atoms with Crippen LogP contribution in [0.15, 0.2) is 30.3 Å². The van der Waals surface area contributed by atoms with Crippen molar-refractivity contribution in [2.24, 2.45) is 0 Å². The van der Waals surface area contributed by atoms with Crippen molar-refractivity contribution in [1.29, 1.82) is 0 Å². The van der Waals surface area contributed by atoms with Crippen LogP contribution in [-0.2, 0) is 6.54 Å². The first-order valence-electron chi connectivity index (χ1n) is 8.78. The van der Waals surface area contributed by atoms with E-state index in [0.717, 1.165) is 17.7 Å². The molecule has 0 radical (unpaired) electrons. The third-order valence-corrected chi connectivity index (χ3v) is 5.42. The number of amides is 1. The van der Waals surface area contributed by atoms with E-state index in [1.807, 2.05) is 4.68 Å². The number of nitrogens with zero attached hydrogens (tertiary/aromatic N) is 4. The maximum atomic E-state index is 12.4. The third-order valence-electron chi connectivity index (χ3n) is 4.80. The Kier molecular flexibility index (Phi) is 4.93. The van der Waals surface area contributed by atoms with Gasteiger partial charge in [-0.05, 0) is 18.2 Å². The zero-order valence-electron chi connectivity index (χ0n) is 15.1. The van der Waals surface area contributed by atoms with E-state index in [1.54, 1.807) is 6.07 Å². The van der Waals surface area contributed by atoms with Crippen LogP contribution in [0.1, 0.15) is 10.4 Å². The maximum absolute atomic E-state index is 12.4. The van der Waals surface area contributed by atoms with Crippen molar-refractivity contribution in [2.45, 2.75) is 6.54 Å². The molecule has 0 fully saturated rings. The highest BCUT2D eigenvalue weighted by atomic mass is 35.5. The highest BCUT2D eigenvalue weighted by Gasteiger charge is 2.25. The van der Waals surface area contributed by atoms with Gasteiger partial charge in [0.15, 0.2) is 0 Å². The van der Waals surface area contributed by atoms with Gasteiger partial charge < -0.3 is 16.0 Å². The Morgan fingerprint density at radius 3 is 2.66 bits per heavy atom. The average molecular weight is 435 g/mol. The Morgan fingerprint density at radius 1 is 1.24 bits per heavy atom. The fraction of sp³-hybridized carbons (Fsp3) is 0.222. The van der Waals surface area contributed by atoms with E-state index in [2.05, 4.69) is 15.3 Å². The van der Waals surface area contributed by atoms with Gasteiger partial charge in [-0.3, -0.25) is 14.9 Å². The molecule has 0 spiro atoms. The number of nitro groups is 1. The molecule has 3 N–H and O–H groups in total. The number of rotatable bonds is 5. The molecule has 150 valence electrons. The second-order valence-corrected chi connectivity index (χ2v) is 7.42. The van der Waals surface area contributed by atoms with E-state index in [-0.39, 0.29) is 27.3 Å². The molecule has 0 saturated carbocycles. The minimum absolute atomic E-state index is 0.00825.